The second-order valence-electron chi connectivity index (χ2n) is 5.01. The molecule has 0 aliphatic carbocycles. The van der Waals surface area contributed by atoms with Crippen molar-refractivity contribution in [3.05, 3.63) is 44.5 Å². The van der Waals surface area contributed by atoms with Gasteiger partial charge in [-0.1, -0.05) is 76.3 Å². The van der Waals surface area contributed by atoms with Gasteiger partial charge in [-0.2, -0.15) is 0 Å². The van der Waals surface area contributed by atoms with E-state index in [1.54, 1.807) is 0 Å². The van der Waals surface area contributed by atoms with Gasteiger partial charge in [0.1, 0.15) is 5.03 Å². The molecule has 0 spiro atoms. The maximum Gasteiger partial charge on any atom is 0.155 e. The highest BCUT2D eigenvalue weighted by atomic mass is 79.9. The fourth-order valence-electron chi connectivity index (χ4n) is 1.90. The lowest BCUT2D eigenvalue weighted by molar-refractivity contribution is 0.815. The summed E-state index contributed by atoms with van der Waals surface area (Å²) in [6.45, 7) is 4.12. The predicted octanol–water partition coefficient (Wildman–Crippen LogP) is 6.65. The van der Waals surface area contributed by atoms with Gasteiger partial charge in [0, 0.05) is 5.33 Å². The first kappa shape index (κ1) is 18.3. The van der Waals surface area contributed by atoms with E-state index in [1.807, 2.05) is 18.2 Å². The Labute approximate surface area is 158 Å². The van der Waals surface area contributed by atoms with Crippen LogP contribution in [0.25, 0.3) is 0 Å². The highest BCUT2D eigenvalue weighted by Crippen LogP contribution is 2.39. The second-order valence-corrected chi connectivity index (χ2v) is 8.01. The number of nitrogens with zero attached hydrogens (tertiary/aromatic N) is 2. The summed E-state index contributed by atoms with van der Waals surface area (Å²) in [5.74, 6) is 0.273. The average Bonchev–Trinajstić information content (AvgIpc) is 2.44. The van der Waals surface area contributed by atoms with Crippen LogP contribution in [-0.4, -0.2) is 15.5 Å². The van der Waals surface area contributed by atoms with Crippen LogP contribution in [0.3, 0.4) is 0 Å². The Morgan fingerprint density at radius 1 is 1.09 bits per heavy atom. The van der Waals surface area contributed by atoms with E-state index >= 15 is 0 Å². The third-order valence-corrected chi connectivity index (χ3v) is 5.59. The molecule has 0 aliphatic rings. The molecule has 0 aliphatic heterocycles. The first-order valence-electron chi connectivity index (χ1n) is 6.67. The molecule has 0 radical (unpaired) electrons. The molecule has 22 heavy (non-hydrogen) atoms. The number of rotatable bonds is 5. The first-order valence-corrected chi connectivity index (χ1v) is 9.74. The second kappa shape index (κ2) is 8.20. The number of benzene rings is 1. The van der Waals surface area contributed by atoms with Crippen LogP contribution in [0.5, 0.6) is 0 Å². The van der Waals surface area contributed by atoms with E-state index < -0.39 is 0 Å². The molecule has 0 N–H and O–H groups in total. The van der Waals surface area contributed by atoms with Gasteiger partial charge in [0.05, 0.1) is 14.9 Å². The van der Waals surface area contributed by atoms with E-state index in [0.717, 1.165) is 32.8 Å². The van der Waals surface area contributed by atoms with Gasteiger partial charge >= 0.3 is 0 Å². The minimum absolute atomic E-state index is 0.273. The summed E-state index contributed by atoms with van der Waals surface area (Å²) >= 11 is 23.6. The maximum atomic E-state index is 6.36. The molecule has 0 atom stereocenters. The third kappa shape index (κ3) is 4.51. The summed E-state index contributed by atoms with van der Waals surface area (Å²) in [5.41, 5.74) is 2.06. The van der Waals surface area contributed by atoms with Crippen molar-refractivity contribution in [3.63, 3.8) is 0 Å². The molecule has 2 nitrogen and oxygen atoms in total. The maximum absolute atomic E-state index is 6.36. The zero-order chi connectivity index (χ0) is 16.3. The van der Waals surface area contributed by atoms with Gasteiger partial charge in [-0.05, 0) is 41.7 Å². The zero-order valence-corrected chi connectivity index (χ0v) is 16.7. The van der Waals surface area contributed by atoms with E-state index in [0.29, 0.717) is 15.2 Å². The van der Waals surface area contributed by atoms with Gasteiger partial charge in [0.15, 0.2) is 5.15 Å². The number of aromatic nitrogens is 2. The SMILES string of the molecule is CC(C)c1cc(Sc2c(Cl)cc(CCBr)cc2Cl)nnc1Cl. The van der Waals surface area contributed by atoms with E-state index in [2.05, 4.69) is 40.0 Å². The van der Waals surface area contributed by atoms with Gasteiger partial charge in [0.25, 0.3) is 0 Å². The van der Waals surface area contributed by atoms with Crippen molar-refractivity contribution in [3.8, 4) is 0 Å². The molecule has 0 saturated heterocycles. The summed E-state index contributed by atoms with van der Waals surface area (Å²) in [7, 11) is 0. The predicted molar refractivity (Wildman–Crippen MR) is 99.2 cm³/mol. The van der Waals surface area contributed by atoms with Gasteiger partial charge in [-0.3, -0.25) is 0 Å². The van der Waals surface area contributed by atoms with E-state index in [1.165, 1.54) is 11.8 Å². The molecule has 2 rings (SSSR count). The molecule has 0 fully saturated rings. The van der Waals surface area contributed by atoms with Crippen LogP contribution in [0, 0.1) is 0 Å². The molecule has 0 bridgehead atoms. The van der Waals surface area contributed by atoms with E-state index in [-0.39, 0.29) is 5.92 Å². The Balaban J connectivity index is 2.33. The molecule has 1 heterocycles. The standard InChI is InChI=1S/C15H14BrCl3N2S/c1-8(2)10-7-13(20-21-15(10)19)22-14-11(17)5-9(3-4-16)6-12(14)18/h5-8H,3-4H2,1-2H3. The number of aryl methyl sites for hydroxylation is 1. The molecule has 2 aromatic rings. The fraction of sp³-hybridized carbons (Fsp3) is 0.333. The summed E-state index contributed by atoms with van der Waals surface area (Å²) < 4.78 is 0. The topological polar surface area (TPSA) is 25.8 Å². The van der Waals surface area contributed by atoms with Gasteiger partial charge in [-0.15, -0.1) is 10.2 Å². The Morgan fingerprint density at radius 3 is 2.27 bits per heavy atom. The Hall–Kier alpha value is -0.000000000000000167. The monoisotopic (exact) mass is 438 g/mol. The summed E-state index contributed by atoms with van der Waals surface area (Å²) in [4.78, 5) is 0.785. The molecular formula is C15H14BrCl3N2S. The highest BCUT2D eigenvalue weighted by molar-refractivity contribution is 9.09. The summed E-state index contributed by atoms with van der Waals surface area (Å²) in [5, 5.41) is 11.4. The largest absolute Gasteiger partial charge is 0.155 e. The molecular weight excluding hydrogens is 427 g/mol. The minimum Gasteiger partial charge on any atom is -0.142 e. The van der Waals surface area contributed by atoms with Crippen LogP contribution in [0.2, 0.25) is 15.2 Å². The van der Waals surface area contributed by atoms with Crippen molar-refractivity contribution in [2.75, 3.05) is 5.33 Å². The number of alkyl halides is 1. The first-order chi connectivity index (χ1) is 10.4. The number of hydrogen-bond acceptors (Lipinski definition) is 3. The van der Waals surface area contributed by atoms with Crippen LogP contribution in [0.4, 0.5) is 0 Å². The van der Waals surface area contributed by atoms with E-state index in [4.69, 9.17) is 34.8 Å². The smallest absolute Gasteiger partial charge is 0.142 e. The molecule has 118 valence electrons. The Morgan fingerprint density at radius 2 is 1.73 bits per heavy atom. The average molecular weight is 441 g/mol. The molecule has 1 aromatic heterocycles. The van der Waals surface area contributed by atoms with Gasteiger partial charge in [-0.25, -0.2) is 0 Å². The molecule has 0 amide bonds. The van der Waals surface area contributed by atoms with Crippen molar-refractivity contribution < 1.29 is 0 Å². The van der Waals surface area contributed by atoms with Crippen LogP contribution >= 0.6 is 62.5 Å². The number of halogens is 4. The highest BCUT2D eigenvalue weighted by Gasteiger charge is 2.14. The summed E-state index contributed by atoms with van der Waals surface area (Å²) in [6, 6.07) is 5.80. The van der Waals surface area contributed by atoms with Crippen molar-refractivity contribution in [1.29, 1.82) is 0 Å². The lowest BCUT2D eigenvalue weighted by Crippen LogP contribution is -1.96. The van der Waals surface area contributed by atoms with Gasteiger partial charge in [0.2, 0.25) is 0 Å². The van der Waals surface area contributed by atoms with Gasteiger partial charge < -0.3 is 0 Å². The van der Waals surface area contributed by atoms with Crippen LogP contribution in [-0.2, 0) is 6.42 Å². The molecule has 0 unspecified atom stereocenters. The van der Waals surface area contributed by atoms with Crippen molar-refractivity contribution >= 4 is 62.5 Å². The van der Waals surface area contributed by atoms with Crippen LogP contribution in [0.1, 0.15) is 30.9 Å². The summed E-state index contributed by atoms with van der Waals surface area (Å²) in [6.07, 6.45) is 0.878. The van der Waals surface area contributed by atoms with Crippen LogP contribution < -0.4 is 0 Å². The number of hydrogen-bond donors (Lipinski definition) is 0. The fourth-order valence-corrected chi connectivity index (χ4v) is 4.22. The van der Waals surface area contributed by atoms with Crippen molar-refractivity contribution in [2.45, 2.75) is 36.1 Å². The molecule has 1 aromatic carbocycles. The molecule has 0 saturated carbocycles. The lowest BCUT2D eigenvalue weighted by Gasteiger charge is -2.11. The minimum atomic E-state index is 0.273. The normalized spacial score (nSPS) is 11.2. The van der Waals surface area contributed by atoms with E-state index in [9.17, 15) is 0 Å². The third-order valence-electron chi connectivity index (χ3n) is 3.02. The molecule has 7 heteroatoms. The van der Waals surface area contributed by atoms with Crippen molar-refractivity contribution in [1.82, 2.24) is 10.2 Å². The zero-order valence-electron chi connectivity index (χ0n) is 12.0. The van der Waals surface area contributed by atoms with Crippen LogP contribution in [0.15, 0.2) is 28.1 Å². The Kier molecular flexibility index (Phi) is 6.84. The van der Waals surface area contributed by atoms with Crippen molar-refractivity contribution in [2.24, 2.45) is 0 Å². The quantitative estimate of drug-likeness (QED) is 0.487. The Bertz CT molecular complexity index is 657. The lowest BCUT2D eigenvalue weighted by atomic mass is 10.1.